The second-order valence-corrected chi connectivity index (χ2v) is 7.57. The lowest BCUT2D eigenvalue weighted by atomic mass is 10.0. The van der Waals surface area contributed by atoms with Crippen LogP contribution in [0, 0.1) is 20.2 Å². The number of nitro benzene ring substituents is 2. The van der Waals surface area contributed by atoms with Gasteiger partial charge in [-0.1, -0.05) is 54.6 Å². The van der Waals surface area contributed by atoms with Gasteiger partial charge in [0.2, 0.25) is 11.5 Å². The van der Waals surface area contributed by atoms with Gasteiger partial charge < -0.3 is 9.47 Å². The Morgan fingerprint density at radius 3 is 1.54 bits per heavy atom. The summed E-state index contributed by atoms with van der Waals surface area (Å²) in [7, 11) is 0. The van der Waals surface area contributed by atoms with Gasteiger partial charge in [-0.05, 0) is 60.0 Å². The highest BCUT2D eigenvalue weighted by Crippen LogP contribution is 2.33. The van der Waals surface area contributed by atoms with E-state index in [-0.39, 0.29) is 22.9 Å². The summed E-state index contributed by atoms with van der Waals surface area (Å²) in [5.41, 5.74) is 2.69. The molecule has 0 aliphatic rings. The monoisotopic (exact) mass is 468 g/mol. The molecule has 0 unspecified atom stereocenters. The van der Waals surface area contributed by atoms with Gasteiger partial charge in [0.05, 0.1) is 9.85 Å². The second-order valence-electron chi connectivity index (χ2n) is 7.57. The Kier molecular flexibility index (Phi) is 6.83. The van der Waals surface area contributed by atoms with Crippen molar-refractivity contribution in [2.75, 3.05) is 0 Å². The summed E-state index contributed by atoms with van der Waals surface area (Å²) in [5, 5.41) is 22.3. The number of rotatable bonds is 8. The minimum atomic E-state index is -0.479. The van der Waals surface area contributed by atoms with E-state index in [0.717, 1.165) is 16.7 Å². The first-order chi connectivity index (χ1) is 16.9. The van der Waals surface area contributed by atoms with Crippen LogP contribution in [0.1, 0.15) is 18.1 Å². The van der Waals surface area contributed by atoms with Crippen molar-refractivity contribution in [3.05, 3.63) is 128 Å². The number of nitrogens with zero attached hydrogens (tertiary/aromatic N) is 2. The highest BCUT2D eigenvalue weighted by molar-refractivity contribution is 5.80. The van der Waals surface area contributed by atoms with Crippen LogP contribution in [0.3, 0.4) is 0 Å². The highest BCUT2D eigenvalue weighted by atomic mass is 16.6. The van der Waals surface area contributed by atoms with E-state index in [1.165, 1.54) is 12.1 Å². The smallest absolute Gasteiger partial charge is 0.311 e. The predicted octanol–water partition coefficient (Wildman–Crippen LogP) is 7.65. The number of allylic oxidation sites excluding steroid dienone is 1. The van der Waals surface area contributed by atoms with Crippen molar-refractivity contribution in [1.82, 2.24) is 0 Å². The number of ether oxygens (including phenoxy) is 2. The summed E-state index contributed by atoms with van der Waals surface area (Å²) in [6, 6.07) is 26.9. The van der Waals surface area contributed by atoms with Gasteiger partial charge in [-0.25, -0.2) is 0 Å². The van der Waals surface area contributed by atoms with Crippen LogP contribution in [0.25, 0.3) is 11.6 Å². The van der Waals surface area contributed by atoms with Crippen LogP contribution in [0.15, 0.2) is 97.1 Å². The van der Waals surface area contributed by atoms with Crippen molar-refractivity contribution in [3.8, 4) is 23.0 Å². The van der Waals surface area contributed by atoms with E-state index < -0.39 is 9.85 Å². The largest absolute Gasteiger partial charge is 0.450 e. The van der Waals surface area contributed by atoms with Gasteiger partial charge in [0, 0.05) is 12.1 Å². The van der Waals surface area contributed by atoms with Crippen LogP contribution in [0.5, 0.6) is 23.0 Å². The van der Waals surface area contributed by atoms with Crippen molar-refractivity contribution in [2.24, 2.45) is 0 Å². The van der Waals surface area contributed by atoms with E-state index in [9.17, 15) is 20.2 Å². The molecule has 8 nitrogen and oxygen atoms in total. The molecule has 0 atom stereocenters. The average molecular weight is 468 g/mol. The standard InChI is InChI=1S/C27H20N2O6/c1-19(21-12-16-23(17-13-21)35-27-9-5-3-7-25(27)29(32)33)18-20-10-14-22(15-11-20)34-26-8-4-2-6-24(26)28(30)31/h2-18H,1H3/b19-18+. The molecule has 0 fully saturated rings. The summed E-state index contributed by atoms with van der Waals surface area (Å²) < 4.78 is 11.4. The van der Waals surface area contributed by atoms with Crippen LogP contribution in [-0.4, -0.2) is 9.85 Å². The van der Waals surface area contributed by atoms with Gasteiger partial charge in [0.1, 0.15) is 11.5 Å². The van der Waals surface area contributed by atoms with Crippen molar-refractivity contribution in [1.29, 1.82) is 0 Å². The van der Waals surface area contributed by atoms with E-state index in [4.69, 9.17) is 9.47 Å². The number of benzene rings is 4. The third-order valence-electron chi connectivity index (χ3n) is 5.15. The van der Waals surface area contributed by atoms with Gasteiger partial charge in [0.15, 0.2) is 0 Å². The fourth-order valence-corrected chi connectivity index (χ4v) is 3.39. The average Bonchev–Trinajstić information content (AvgIpc) is 2.86. The summed E-state index contributed by atoms with van der Waals surface area (Å²) in [5.74, 6) is 1.35. The maximum atomic E-state index is 11.2. The van der Waals surface area contributed by atoms with E-state index in [1.54, 1.807) is 60.7 Å². The maximum absolute atomic E-state index is 11.2. The molecule has 0 spiro atoms. The zero-order valence-electron chi connectivity index (χ0n) is 18.7. The lowest BCUT2D eigenvalue weighted by Gasteiger charge is -2.08. The van der Waals surface area contributed by atoms with Gasteiger partial charge in [0.25, 0.3) is 0 Å². The lowest BCUT2D eigenvalue weighted by molar-refractivity contribution is -0.385. The minimum Gasteiger partial charge on any atom is -0.450 e. The first-order valence-electron chi connectivity index (χ1n) is 10.6. The molecule has 0 heterocycles. The summed E-state index contributed by atoms with van der Waals surface area (Å²) in [6.07, 6.45) is 1.99. The molecule has 8 heteroatoms. The number of nitro groups is 2. The van der Waals surface area contributed by atoms with Crippen molar-refractivity contribution < 1.29 is 19.3 Å². The van der Waals surface area contributed by atoms with Crippen molar-refractivity contribution in [3.63, 3.8) is 0 Å². The first kappa shape index (κ1) is 23.2. The zero-order valence-corrected chi connectivity index (χ0v) is 18.7. The maximum Gasteiger partial charge on any atom is 0.311 e. The predicted molar refractivity (Wildman–Crippen MR) is 133 cm³/mol. The van der Waals surface area contributed by atoms with Gasteiger partial charge >= 0.3 is 11.4 Å². The first-order valence-corrected chi connectivity index (χ1v) is 10.6. The van der Waals surface area contributed by atoms with Gasteiger partial charge in [-0.3, -0.25) is 20.2 Å². The third-order valence-corrected chi connectivity index (χ3v) is 5.15. The SMILES string of the molecule is C/C(=C\c1ccc(Oc2ccccc2[N+](=O)[O-])cc1)c1ccc(Oc2ccccc2[N+](=O)[O-])cc1. The molecule has 174 valence electrons. The number of para-hydroxylation sites is 4. The van der Waals surface area contributed by atoms with E-state index in [1.807, 2.05) is 37.3 Å². The molecule has 4 aromatic carbocycles. The topological polar surface area (TPSA) is 105 Å². The fourth-order valence-electron chi connectivity index (χ4n) is 3.39. The summed E-state index contributed by atoms with van der Waals surface area (Å²) >= 11 is 0. The Labute approximate surface area is 201 Å². The molecule has 0 aliphatic heterocycles. The highest BCUT2D eigenvalue weighted by Gasteiger charge is 2.15. The quantitative estimate of drug-likeness (QED) is 0.149. The summed E-state index contributed by atoms with van der Waals surface area (Å²) in [6.45, 7) is 1.97. The minimum absolute atomic E-state index is 0.0954. The Bertz CT molecular complexity index is 1400. The van der Waals surface area contributed by atoms with Crippen LogP contribution < -0.4 is 9.47 Å². The molecule has 0 aromatic heterocycles. The number of hydrogen-bond acceptors (Lipinski definition) is 6. The van der Waals surface area contributed by atoms with Crippen molar-refractivity contribution >= 4 is 23.0 Å². The van der Waals surface area contributed by atoms with Crippen LogP contribution in [0.2, 0.25) is 0 Å². The Hall–Kier alpha value is -4.98. The zero-order chi connectivity index (χ0) is 24.8. The Balaban J connectivity index is 1.45. The normalized spacial score (nSPS) is 11.1. The molecule has 0 amide bonds. The lowest BCUT2D eigenvalue weighted by Crippen LogP contribution is -1.93. The molecule has 4 rings (SSSR count). The van der Waals surface area contributed by atoms with E-state index >= 15 is 0 Å². The van der Waals surface area contributed by atoms with Crippen LogP contribution in [-0.2, 0) is 0 Å². The molecular weight excluding hydrogens is 448 g/mol. The summed E-state index contributed by atoms with van der Waals surface area (Å²) in [4.78, 5) is 21.4. The van der Waals surface area contributed by atoms with Gasteiger partial charge in [-0.2, -0.15) is 0 Å². The molecular formula is C27H20N2O6. The van der Waals surface area contributed by atoms with Crippen LogP contribution >= 0.6 is 0 Å². The number of hydrogen-bond donors (Lipinski definition) is 0. The molecule has 0 bridgehead atoms. The molecule has 0 saturated carbocycles. The molecule has 0 N–H and O–H groups in total. The molecule has 0 aliphatic carbocycles. The second kappa shape index (κ2) is 10.3. The van der Waals surface area contributed by atoms with Gasteiger partial charge in [-0.15, -0.1) is 0 Å². The fraction of sp³-hybridized carbons (Fsp3) is 0.0370. The molecule has 4 aromatic rings. The third kappa shape index (κ3) is 5.69. The Morgan fingerprint density at radius 2 is 1.09 bits per heavy atom. The molecule has 0 saturated heterocycles. The van der Waals surface area contributed by atoms with Crippen molar-refractivity contribution in [2.45, 2.75) is 6.92 Å². The van der Waals surface area contributed by atoms with Crippen LogP contribution in [0.4, 0.5) is 11.4 Å². The molecule has 0 radical (unpaired) electrons. The Morgan fingerprint density at radius 1 is 0.657 bits per heavy atom. The molecule has 35 heavy (non-hydrogen) atoms. The van der Waals surface area contributed by atoms with E-state index in [0.29, 0.717) is 11.5 Å². The van der Waals surface area contributed by atoms with E-state index in [2.05, 4.69) is 0 Å².